The van der Waals surface area contributed by atoms with Gasteiger partial charge in [0.25, 0.3) is 0 Å². The summed E-state index contributed by atoms with van der Waals surface area (Å²) in [4.78, 5) is 12.4. The number of nitriles is 1. The number of rotatable bonds is 3. The lowest BCUT2D eigenvalue weighted by atomic mass is 9.81. The van der Waals surface area contributed by atoms with Crippen molar-refractivity contribution in [2.24, 2.45) is 5.41 Å². The molecule has 1 aromatic rings. The Morgan fingerprint density at radius 3 is 2.30 bits per heavy atom. The molecule has 4 heteroatoms. The van der Waals surface area contributed by atoms with Gasteiger partial charge in [-0.3, -0.25) is 4.79 Å². The Kier molecular flexibility index (Phi) is 4.75. The highest BCUT2D eigenvalue weighted by molar-refractivity contribution is 5.97. The number of carbonyl (C=O) groups is 1. The number of aliphatic hydroxyl groups is 1. The molecule has 0 saturated heterocycles. The van der Waals surface area contributed by atoms with Gasteiger partial charge < -0.3 is 10.4 Å². The number of nitrogens with one attached hydrogen (secondary N) is 1. The van der Waals surface area contributed by atoms with Gasteiger partial charge in [0.05, 0.1) is 12.7 Å². The van der Waals surface area contributed by atoms with Gasteiger partial charge >= 0.3 is 0 Å². The topological polar surface area (TPSA) is 73.1 Å². The Morgan fingerprint density at radius 2 is 1.80 bits per heavy atom. The summed E-state index contributed by atoms with van der Waals surface area (Å²) < 4.78 is 0. The third kappa shape index (κ3) is 3.17. The number of amides is 1. The van der Waals surface area contributed by atoms with Gasteiger partial charge in [-0.15, -0.1) is 0 Å². The maximum atomic E-state index is 12.4. The van der Waals surface area contributed by atoms with Gasteiger partial charge in [-0.2, -0.15) is 5.26 Å². The molecule has 0 spiro atoms. The predicted octanol–water partition coefficient (Wildman–Crippen LogP) is 2.98. The standard InChI is InChI=1S/C16H20N2O2/c17-12-16(9-3-1-2-4-10-16)15(20)18-14-7-5-13(11-19)6-8-14/h5-8,19H,1-4,9-11H2,(H,18,20). The van der Waals surface area contributed by atoms with Gasteiger partial charge in [-0.25, -0.2) is 0 Å². The Bertz CT molecular complexity index is 494. The van der Waals surface area contributed by atoms with Gasteiger partial charge in [0.15, 0.2) is 0 Å². The summed E-state index contributed by atoms with van der Waals surface area (Å²) in [5.74, 6) is -0.196. The summed E-state index contributed by atoms with van der Waals surface area (Å²) in [6.07, 6.45) is 5.35. The highest BCUT2D eigenvalue weighted by atomic mass is 16.3. The van der Waals surface area contributed by atoms with Crippen molar-refractivity contribution in [2.45, 2.75) is 45.1 Å². The minimum Gasteiger partial charge on any atom is -0.392 e. The van der Waals surface area contributed by atoms with Gasteiger partial charge in [0, 0.05) is 5.69 Å². The van der Waals surface area contributed by atoms with Crippen LogP contribution in [0.4, 0.5) is 5.69 Å². The van der Waals surface area contributed by atoms with E-state index in [1.165, 1.54) is 0 Å². The van der Waals surface area contributed by atoms with E-state index in [9.17, 15) is 10.1 Å². The lowest BCUT2D eigenvalue weighted by Gasteiger charge is -2.23. The molecule has 0 radical (unpaired) electrons. The molecule has 1 aliphatic rings. The Labute approximate surface area is 119 Å². The fourth-order valence-electron chi connectivity index (χ4n) is 2.67. The zero-order valence-corrected chi connectivity index (χ0v) is 11.6. The molecule has 1 saturated carbocycles. The second kappa shape index (κ2) is 6.53. The molecule has 4 nitrogen and oxygen atoms in total. The number of aliphatic hydroxyl groups excluding tert-OH is 1. The van der Waals surface area contributed by atoms with E-state index in [4.69, 9.17) is 5.11 Å². The second-order valence-corrected chi connectivity index (χ2v) is 5.42. The van der Waals surface area contributed by atoms with Crippen molar-refractivity contribution in [3.05, 3.63) is 29.8 Å². The van der Waals surface area contributed by atoms with E-state index >= 15 is 0 Å². The molecular formula is C16H20N2O2. The van der Waals surface area contributed by atoms with Gasteiger partial charge in [0.2, 0.25) is 5.91 Å². The molecule has 0 aliphatic heterocycles. The second-order valence-electron chi connectivity index (χ2n) is 5.42. The van der Waals surface area contributed by atoms with E-state index < -0.39 is 5.41 Å². The van der Waals surface area contributed by atoms with Crippen molar-refractivity contribution in [1.29, 1.82) is 5.26 Å². The average Bonchev–Trinajstić information content (AvgIpc) is 2.74. The monoisotopic (exact) mass is 272 g/mol. The molecule has 1 amide bonds. The Hall–Kier alpha value is -1.86. The van der Waals surface area contributed by atoms with Crippen molar-refractivity contribution >= 4 is 11.6 Å². The molecule has 2 N–H and O–H groups in total. The third-order valence-corrected chi connectivity index (χ3v) is 4.00. The molecular weight excluding hydrogens is 252 g/mol. The summed E-state index contributed by atoms with van der Waals surface area (Å²) in [5.41, 5.74) is 0.588. The number of nitrogens with zero attached hydrogens (tertiary/aromatic N) is 1. The number of hydrogen-bond acceptors (Lipinski definition) is 3. The molecule has 0 bridgehead atoms. The minimum absolute atomic E-state index is 0.0175. The van der Waals surface area contributed by atoms with Crippen molar-refractivity contribution in [2.75, 3.05) is 5.32 Å². The first-order chi connectivity index (χ1) is 9.70. The Morgan fingerprint density at radius 1 is 1.20 bits per heavy atom. The molecule has 1 aliphatic carbocycles. The van der Waals surface area contributed by atoms with Crippen LogP contribution < -0.4 is 5.32 Å². The predicted molar refractivity (Wildman–Crippen MR) is 76.7 cm³/mol. The van der Waals surface area contributed by atoms with E-state index in [1.54, 1.807) is 24.3 Å². The van der Waals surface area contributed by atoms with Crippen LogP contribution in [-0.4, -0.2) is 11.0 Å². The molecule has 0 atom stereocenters. The zero-order valence-electron chi connectivity index (χ0n) is 11.6. The maximum Gasteiger partial charge on any atom is 0.244 e. The smallest absolute Gasteiger partial charge is 0.244 e. The lowest BCUT2D eigenvalue weighted by molar-refractivity contribution is -0.123. The van der Waals surface area contributed by atoms with Crippen LogP contribution in [0.15, 0.2) is 24.3 Å². The summed E-state index contributed by atoms with van der Waals surface area (Å²) in [5, 5.41) is 21.3. The first-order valence-corrected chi connectivity index (χ1v) is 7.13. The SMILES string of the molecule is N#CC1(C(=O)Nc2ccc(CO)cc2)CCCCCC1. The molecule has 2 rings (SSSR count). The largest absolute Gasteiger partial charge is 0.392 e. The van der Waals surface area contributed by atoms with Crippen LogP contribution in [0.1, 0.15) is 44.1 Å². The van der Waals surface area contributed by atoms with Gasteiger partial charge in [0.1, 0.15) is 5.41 Å². The minimum atomic E-state index is -0.883. The number of carbonyl (C=O) groups excluding carboxylic acids is 1. The van der Waals surface area contributed by atoms with Crippen LogP contribution in [0, 0.1) is 16.7 Å². The summed E-state index contributed by atoms with van der Waals surface area (Å²) in [6, 6.07) is 9.29. The molecule has 106 valence electrons. The zero-order chi connectivity index (χ0) is 14.4. The fourth-order valence-corrected chi connectivity index (χ4v) is 2.67. The number of benzene rings is 1. The van der Waals surface area contributed by atoms with Crippen molar-refractivity contribution in [3.8, 4) is 6.07 Å². The van der Waals surface area contributed by atoms with Crippen molar-refractivity contribution < 1.29 is 9.90 Å². The molecule has 1 fully saturated rings. The van der Waals surface area contributed by atoms with Crippen molar-refractivity contribution in [3.63, 3.8) is 0 Å². The molecule has 1 aromatic carbocycles. The van der Waals surface area contributed by atoms with Crippen molar-refractivity contribution in [1.82, 2.24) is 0 Å². The lowest BCUT2D eigenvalue weighted by Crippen LogP contribution is -2.34. The third-order valence-electron chi connectivity index (χ3n) is 4.00. The normalized spacial score (nSPS) is 17.8. The number of hydrogen-bond donors (Lipinski definition) is 2. The Balaban J connectivity index is 2.10. The van der Waals surface area contributed by atoms with Crippen LogP contribution in [0.5, 0.6) is 0 Å². The maximum absolute atomic E-state index is 12.4. The van der Waals surface area contributed by atoms with E-state index in [0.717, 1.165) is 31.2 Å². The van der Waals surface area contributed by atoms with Crippen LogP contribution in [0.25, 0.3) is 0 Å². The first-order valence-electron chi connectivity index (χ1n) is 7.13. The highest BCUT2D eigenvalue weighted by Crippen LogP contribution is 2.35. The average molecular weight is 272 g/mol. The summed E-state index contributed by atoms with van der Waals surface area (Å²) in [7, 11) is 0. The first kappa shape index (κ1) is 14.5. The summed E-state index contributed by atoms with van der Waals surface area (Å²) in [6.45, 7) is -0.0175. The summed E-state index contributed by atoms with van der Waals surface area (Å²) >= 11 is 0. The van der Waals surface area contributed by atoms with E-state index in [1.807, 2.05) is 0 Å². The van der Waals surface area contributed by atoms with E-state index in [2.05, 4.69) is 11.4 Å². The fraction of sp³-hybridized carbons (Fsp3) is 0.500. The van der Waals surface area contributed by atoms with Gasteiger partial charge in [-0.1, -0.05) is 37.8 Å². The quantitative estimate of drug-likeness (QED) is 0.831. The molecule has 0 unspecified atom stereocenters. The van der Waals surface area contributed by atoms with Crippen LogP contribution in [-0.2, 0) is 11.4 Å². The van der Waals surface area contributed by atoms with Crippen LogP contribution in [0.3, 0.4) is 0 Å². The highest BCUT2D eigenvalue weighted by Gasteiger charge is 2.38. The number of anilines is 1. The molecule has 20 heavy (non-hydrogen) atoms. The van der Waals surface area contributed by atoms with Crippen LogP contribution >= 0.6 is 0 Å². The molecule has 0 aromatic heterocycles. The van der Waals surface area contributed by atoms with Crippen LogP contribution in [0.2, 0.25) is 0 Å². The van der Waals surface area contributed by atoms with E-state index in [-0.39, 0.29) is 12.5 Å². The van der Waals surface area contributed by atoms with E-state index in [0.29, 0.717) is 18.5 Å². The molecule has 0 heterocycles. The van der Waals surface area contributed by atoms with Gasteiger partial charge in [-0.05, 0) is 30.5 Å².